The van der Waals surface area contributed by atoms with Crippen molar-refractivity contribution in [2.45, 2.75) is 19.9 Å². The van der Waals surface area contributed by atoms with Crippen LogP contribution in [0.4, 0.5) is 5.82 Å². The van der Waals surface area contributed by atoms with Gasteiger partial charge in [-0.3, -0.25) is 9.48 Å². The lowest BCUT2D eigenvalue weighted by Crippen LogP contribution is -2.25. The van der Waals surface area contributed by atoms with E-state index in [0.29, 0.717) is 16.7 Å². The summed E-state index contributed by atoms with van der Waals surface area (Å²) in [5.74, 6) is 0.803. The van der Waals surface area contributed by atoms with Crippen molar-refractivity contribution in [3.05, 3.63) is 35.0 Å². The molecular formula is C13H17ClN6O. The highest BCUT2D eigenvalue weighted by molar-refractivity contribution is 6.33. The third-order valence-electron chi connectivity index (χ3n) is 2.67. The van der Waals surface area contributed by atoms with E-state index in [1.807, 2.05) is 0 Å². The van der Waals surface area contributed by atoms with Gasteiger partial charge < -0.3 is 10.6 Å². The first kappa shape index (κ1) is 15.2. The van der Waals surface area contributed by atoms with E-state index >= 15 is 0 Å². The predicted octanol–water partition coefficient (Wildman–Crippen LogP) is 1.62. The van der Waals surface area contributed by atoms with Gasteiger partial charge in [0.25, 0.3) is 5.91 Å². The molecule has 2 rings (SSSR count). The van der Waals surface area contributed by atoms with E-state index in [1.165, 1.54) is 0 Å². The van der Waals surface area contributed by atoms with E-state index in [0.717, 1.165) is 13.0 Å². The summed E-state index contributed by atoms with van der Waals surface area (Å²) in [7, 11) is 1.76. The molecule has 0 aliphatic heterocycles. The summed E-state index contributed by atoms with van der Waals surface area (Å²) < 4.78 is 1.57. The van der Waals surface area contributed by atoms with E-state index in [9.17, 15) is 4.79 Å². The molecule has 112 valence electrons. The van der Waals surface area contributed by atoms with Gasteiger partial charge in [-0.2, -0.15) is 5.10 Å². The topological polar surface area (TPSA) is 84.7 Å². The van der Waals surface area contributed by atoms with Crippen molar-refractivity contribution in [1.29, 1.82) is 0 Å². The summed E-state index contributed by atoms with van der Waals surface area (Å²) >= 11 is 6.02. The van der Waals surface area contributed by atoms with Crippen LogP contribution in [0.25, 0.3) is 0 Å². The van der Waals surface area contributed by atoms with Crippen molar-refractivity contribution < 1.29 is 4.79 Å². The molecule has 0 bridgehead atoms. The van der Waals surface area contributed by atoms with Crippen LogP contribution in [0.3, 0.4) is 0 Å². The summed E-state index contributed by atoms with van der Waals surface area (Å²) in [4.78, 5) is 20.4. The fraction of sp³-hybridized carbons (Fsp3) is 0.385. The summed E-state index contributed by atoms with van der Waals surface area (Å²) in [6.45, 7) is 3.06. The van der Waals surface area contributed by atoms with Crippen molar-refractivity contribution in [3.63, 3.8) is 0 Å². The number of rotatable bonds is 6. The minimum atomic E-state index is -0.354. The Morgan fingerprint density at radius 3 is 2.90 bits per heavy atom. The molecule has 1 amide bonds. The predicted molar refractivity (Wildman–Crippen MR) is 80.2 cm³/mol. The van der Waals surface area contributed by atoms with Gasteiger partial charge in [0, 0.05) is 13.6 Å². The Kier molecular flexibility index (Phi) is 5.10. The Hall–Kier alpha value is -2.15. The Bertz CT molecular complexity index is 627. The molecule has 0 aliphatic rings. The lowest BCUT2D eigenvalue weighted by atomic mass is 10.3. The Labute approximate surface area is 127 Å². The maximum Gasteiger partial charge on any atom is 0.271 e. The number of hydrogen-bond donors (Lipinski definition) is 2. The number of aryl methyl sites for hydroxylation is 1. The van der Waals surface area contributed by atoms with Gasteiger partial charge in [-0.25, -0.2) is 9.97 Å². The summed E-state index contributed by atoms with van der Waals surface area (Å²) in [5.41, 5.74) is 0.189. The second-order valence-corrected chi connectivity index (χ2v) is 4.88. The average Bonchev–Trinajstić information content (AvgIpc) is 2.89. The molecule has 0 unspecified atom stereocenters. The van der Waals surface area contributed by atoms with Crippen LogP contribution in [-0.2, 0) is 13.6 Å². The van der Waals surface area contributed by atoms with Gasteiger partial charge in [0.05, 0.1) is 11.6 Å². The Morgan fingerprint density at radius 1 is 1.43 bits per heavy atom. The molecule has 21 heavy (non-hydrogen) atoms. The first-order chi connectivity index (χ1) is 10.1. The molecule has 8 heteroatoms. The molecule has 0 saturated carbocycles. The molecule has 0 aromatic carbocycles. The molecule has 0 saturated heterocycles. The molecule has 2 N–H and O–H groups in total. The maximum atomic E-state index is 12.1. The first-order valence-electron chi connectivity index (χ1n) is 6.63. The van der Waals surface area contributed by atoms with Crippen molar-refractivity contribution in [2.24, 2.45) is 7.05 Å². The number of anilines is 1. The molecule has 7 nitrogen and oxygen atoms in total. The zero-order chi connectivity index (χ0) is 15.2. The zero-order valence-corrected chi connectivity index (χ0v) is 12.7. The van der Waals surface area contributed by atoms with Crippen LogP contribution in [-0.4, -0.2) is 32.2 Å². The van der Waals surface area contributed by atoms with E-state index in [-0.39, 0.29) is 18.1 Å². The number of halogens is 1. The highest BCUT2D eigenvalue weighted by Gasteiger charge is 2.13. The molecule has 0 radical (unpaired) electrons. The van der Waals surface area contributed by atoms with Crippen molar-refractivity contribution >= 4 is 23.3 Å². The number of aromatic nitrogens is 4. The second-order valence-electron chi connectivity index (χ2n) is 4.47. The van der Waals surface area contributed by atoms with E-state index in [2.05, 4.69) is 32.6 Å². The van der Waals surface area contributed by atoms with Crippen LogP contribution in [0.1, 0.15) is 29.7 Å². The second kappa shape index (κ2) is 7.03. The van der Waals surface area contributed by atoms with Gasteiger partial charge in [0.1, 0.15) is 17.8 Å². The highest BCUT2D eigenvalue weighted by Crippen LogP contribution is 2.16. The third-order valence-corrected chi connectivity index (χ3v) is 2.98. The normalized spacial score (nSPS) is 10.4. The smallest absolute Gasteiger partial charge is 0.271 e. The van der Waals surface area contributed by atoms with Crippen LogP contribution in [0.2, 0.25) is 5.02 Å². The minimum absolute atomic E-state index is 0.189. The van der Waals surface area contributed by atoms with Crippen LogP contribution in [0.5, 0.6) is 0 Å². The first-order valence-corrected chi connectivity index (χ1v) is 7.01. The molecule has 0 aliphatic carbocycles. The SMILES string of the molecule is CCCNc1ccc(Cl)c(C(=O)NCc2ncn(C)n2)n1. The molecule has 2 heterocycles. The van der Waals surface area contributed by atoms with Gasteiger partial charge >= 0.3 is 0 Å². The number of carbonyl (C=O) groups excluding carboxylic acids is 1. The Balaban J connectivity index is 2.03. The number of pyridine rings is 1. The van der Waals surface area contributed by atoms with Crippen LogP contribution in [0, 0.1) is 0 Å². The molecule has 0 fully saturated rings. The summed E-state index contributed by atoms with van der Waals surface area (Å²) in [6.07, 6.45) is 2.54. The van der Waals surface area contributed by atoms with E-state index in [4.69, 9.17) is 11.6 Å². The molecule has 0 atom stereocenters. The largest absolute Gasteiger partial charge is 0.370 e. The minimum Gasteiger partial charge on any atom is -0.370 e. The maximum absolute atomic E-state index is 12.1. The number of hydrogen-bond acceptors (Lipinski definition) is 5. The molecule has 2 aromatic heterocycles. The molecular weight excluding hydrogens is 292 g/mol. The van der Waals surface area contributed by atoms with Crippen LogP contribution in [0.15, 0.2) is 18.5 Å². The van der Waals surface area contributed by atoms with Gasteiger partial charge in [0.15, 0.2) is 5.82 Å². The van der Waals surface area contributed by atoms with Gasteiger partial charge in [-0.15, -0.1) is 0 Å². The lowest BCUT2D eigenvalue weighted by molar-refractivity contribution is 0.0945. The lowest BCUT2D eigenvalue weighted by Gasteiger charge is -2.08. The van der Waals surface area contributed by atoms with Gasteiger partial charge in [-0.1, -0.05) is 18.5 Å². The van der Waals surface area contributed by atoms with Crippen molar-refractivity contribution in [3.8, 4) is 0 Å². The summed E-state index contributed by atoms with van der Waals surface area (Å²) in [6, 6.07) is 3.40. The number of nitrogens with one attached hydrogen (secondary N) is 2. The van der Waals surface area contributed by atoms with E-state index < -0.39 is 0 Å². The van der Waals surface area contributed by atoms with E-state index in [1.54, 1.807) is 30.2 Å². The van der Waals surface area contributed by atoms with Gasteiger partial charge in [0.2, 0.25) is 0 Å². The quantitative estimate of drug-likeness (QED) is 0.847. The Morgan fingerprint density at radius 2 is 2.24 bits per heavy atom. The van der Waals surface area contributed by atoms with Crippen molar-refractivity contribution in [2.75, 3.05) is 11.9 Å². The highest BCUT2D eigenvalue weighted by atomic mass is 35.5. The molecule has 0 spiro atoms. The number of amides is 1. The monoisotopic (exact) mass is 308 g/mol. The number of carbonyl (C=O) groups is 1. The third kappa shape index (κ3) is 4.16. The van der Waals surface area contributed by atoms with Crippen molar-refractivity contribution in [1.82, 2.24) is 25.1 Å². The standard InChI is InChI=1S/C13H17ClN6O/c1-3-6-15-10-5-4-9(14)12(18-10)13(21)16-7-11-17-8-20(2)19-11/h4-5,8H,3,6-7H2,1-2H3,(H,15,18)(H,16,21). The molecule has 2 aromatic rings. The summed E-state index contributed by atoms with van der Waals surface area (Å²) in [5, 5.41) is 10.2. The number of nitrogens with zero attached hydrogens (tertiary/aromatic N) is 4. The average molecular weight is 309 g/mol. The van der Waals surface area contributed by atoms with Gasteiger partial charge in [-0.05, 0) is 18.6 Å². The van der Waals surface area contributed by atoms with Crippen LogP contribution < -0.4 is 10.6 Å². The van der Waals surface area contributed by atoms with Crippen LogP contribution >= 0.6 is 11.6 Å². The fourth-order valence-electron chi connectivity index (χ4n) is 1.66. The zero-order valence-electron chi connectivity index (χ0n) is 11.9. The fourth-order valence-corrected chi connectivity index (χ4v) is 1.85.